The minimum absolute atomic E-state index is 0.253. The van der Waals surface area contributed by atoms with Crippen molar-refractivity contribution >= 4 is 23.2 Å². The van der Waals surface area contributed by atoms with Crippen LogP contribution in [0.25, 0.3) is 0 Å². The second kappa shape index (κ2) is 3.91. The van der Waals surface area contributed by atoms with Gasteiger partial charge in [-0.15, -0.1) is 11.6 Å². The fourth-order valence-electron chi connectivity index (χ4n) is 1.49. The maximum absolute atomic E-state index is 6.04. The molecule has 3 nitrogen and oxygen atoms in total. The summed E-state index contributed by atoms with van der Waals surface area (Å²) < 4.78 is 16.0. The van der Waals surface area contributed by atoms with E-state index in [-0.39, 0.29) is 11.7 Å². The SMILES string of the molecule is ClC1CCOC1(Cl)OC1CCCO1. The Kier molecular flexibility index (Phi) is 3.01. The molecular formula is C8H12Cl2O3. The summed E-state index contributed by atoms with van der Waals surface area (Å²) >= 11 is 12.0. The van der Waals surface area contributed by atoms with Crippen LogP contribution in [0.5, 0.6) is 0 Å². The van der Waals surface area contributed by atoms with Gasteiger partial charge in [0.2, 0.25) is 0 Å². The third-order valence-corrected chi connectivity index (χ3v) is 3.30. The molecule has 5 heteroatoms. The van der Waals surface area contributed by atoms with Crippen LogP contribution in [0.4, 0.5) is 0 Å². The van der Waals surface area contributed by atoms with E-state index in [2.05, 4.69) is 0 Å². The molecule has 2 saturated heterocycles. The first-order valence-corrected chi connectivity index (χ1v) is 5.28. The molecular weight excluding hydrogens is 215 g/mol. The molecule has 0 bridgehead atoms. The van der Waals surface area contributed by atoms with Crippen molar-refractivity contribution in [2.24, 2.45) is 0 Å². The Balaban J connectivity index is 1.91. The normalized spacial score (nSPS) is 45.7. The van der Waals surface area contributed by atoms with E-state index in [0.29, 0.717) is 6.61 Å². The first kappa shape index (κ1) is 9.99. The lowest BCUT2D eigenvalue weighted by Gasteiger charge is -2.26. The monoisotopic (exact) mass is 226 g/mol. The van der Waals surface area contributed by atoms with Crippen LogP contribution in [-0.2, 0) is 14.2 Å². The van der Waals surface area contributed by atoms with Gasteiger partial charge in [0.05, 0.1) is 6.61 Å². The summed E-state index contributed by atoms with van der Waals surface area (Å²) in [6.45, 7) is 1.27. The van der Waals surface area contributed by atoms with Crippen molar-refractivity contribution in [3.8, 4) is 0 Å². The number of hydrogen-bond donors (Lipinski definition) is 0. The Bertz CT molecular complexity index is 184. The van der Waals surface area contributed by atoms with E-state index < -0.39 is 5.25 Å². The zero-order valence-electron chi connectivity index (χ0n) is 7.17. The molecule has 0 aromatic rings. The van der Waals surface area contributed by atoms with Crippen molar-refractivity contribution < 1.29 is 14.2 Å². The molecule has 0 saturated carbocycles. The molecule has 0 N–H and O–H groups in total. The van der Waals surface area contributed by atoms with Gasteiger partial charge < -0.3 is 14.2 Å². The average molecular weight is 227 g/mol. The van der Waals surface area contributed by atoms with Gasteiger partial charge in [0.25, 0.3) is 5.25 Å². The fourth-order valence-corrected chi connectivity index (χ4v) is 1.98. The van der Waals surface area contributed by atoms with Crippen molar-refractivity contribution in [2.45, 2.75) is 36.2 Å². The molecule has 3 atom stereocenters. The quantitative estimate of drug-likeness (QED) is 0.676. The number of hydrogen-bond acceptors (Lipinski definition) is 3. The Morgan fingerprint density at radius 1 is 1.31 bits per heavy atom. The molecule has 2 heterocycles. The van der Waals surface area contributed by atoms with E-state index in [1.165, 1.54) is 0 Å². The van der Waals surface area contributed by atoms with E-state index in [1.54, 1.807) is 0 Å². The van der Waals surface area contributed by atoms with Crippen molar-refractivity contribution in [3.63, 3.8) is 0 Å². The predicted octanol–water partition coefficient (Wildman–Crippen LogP) is 2.06. The minimum Gasteiger partial charge on any atom is -0.352 e. The molecule has 76 valence electrons. The Labute approximate surface area is 87.2 Å². The molecule has 0 amide bonds. The van der Waals surface area contributed by atoms with Gasteiger partial charge in [-0.1, -0.05) is 11.6 Å². The van der Waals surface area contributed by atoms with Crippen LogP contribution in [0.1, 0.15) is 19.3 Å². The minimum atomic E-state index is -1.17. The zero-order chi connectivity index (χ0) is 9.31. The first-order chi connectivity index (χ1) is 6.21. The van der Waals surface area contributed by atoms with Crippen molar-refractivity contribution in [1.82, 2.24) is 0 Å². The van der Waals surface area contributed by atoms with Gasteiger partial charge in [-0.05, 0) is 12.8 Å². The third-order valence-electron chi connectivity index (χ3n) is 2.22. The third kappa shape index (κ3) is 2.10. The number of alkyl halides is 2. The summed E-state index contributed by atoms with van der Waals surface area (Å²) in [7, 11) is 0. The molecule has 2 aliphatic rings. The fraction of sp³-hybridized carbons (Fsp3) is 1.00. The standard InChI is InChI=1S/C8H12Cl2O3/c9-6-3-5-12-8(6,10)13-7-2-1-4-11-7/h6-7H,1-5H2. The maximum atomic E-state index is 6.04. The Morgan fingerprint density at radius 2 is 2.15 bits per heavy atom. The Morgan fingerprint density at radius 3 is 2.69 bits per heavy atom. The van der Waals surface area contributed by atoms with Crippen LogP contribution in [0.15, 0.2) is 0 Å². The maximum Gasteiger partial charge on any atom is 0.267 e. The van der Waals surface area contributed by atoms with Gasteiger partial charge in [-0.2, -0.15) is 0 Å². The van der Waals surface area contributed by atoms with E-state index in [1.807, 2.05) is 0 Å². The van der Waals surface area contributed by atoms with Gasteiger partial charge in [0.15, 0.2) is 6.29 Å². The van der Waals surface area contributed by atoms with Gasteiger partial charge in [-0.25, -0.2) is 0 Å². The van der Waals surface area contributed by atoms with Crippen LogP contribution >= 0.6 is 23.2 Å². The molecule has 2 fully saturated rings. The molecule has 2 rings (SSSR count). The van der Waals surface area contributed by atoms with Crippen LogP contribution in [0.2, 0.25) is 0 Å². The average Bonchev–Trinajstić information content (AvgIpc) is 2.65. The summed E-state index contributed by atoms with van der Waals surface area (Å²) in [5, 5.41) is -1.46. The van der Waals surface area contributed by atoms with E-state index in [4.69, 9.17) is 37.4 Å². The summed E-state index contributed by atoms with van der Waals surface area (Å²) in [6, 6.07) is 0. The van der Waals surface area contributed by atoms with Gasteiger partial charge in [0.1, 0.15) is 5.38 Å². The highest BCUT2D eigenvalue weighted by Crippen LogP contribution is 2.37. The van der Waals surface area contributed by atoms with Crippen molar-refractivity contribution in [3.05, 3.63) is 0 Å². The van der Waals surface area contributed by atoms with Gasteiger partial charge in [0, 0.05) is 13.0 Å². The molecule has 0 radical (unpaired) electrons. The van der Waals surface area contributed by atoms with E-state index in [9.17, 15) is 0 Å². The van der Waals surface area contributed by atoms with Crippen molar-refractivity contribution in [2.75, 3.05) is 13.2 Å². The molecule has 0 aliphatic carbocycles. The van der Waals surface area contributed by atoms with Crippen LogP contribution in [0.3, 0.4) is 0 Å². The second-order valence-corrected chi connectivity index (χ2v) is 4.30. The number of halogens is 2. The largest absolute Gasteiger partial charge is 0.352 e. The van der Waals surface area contributed by atoms with E-state index >= 15 is 0 Å². The molecule has 0 aromatic heterocycles. The highest BCUT2D eigenvalue weighted by Gasteiger charge is 2.45. The summed E-state index contributed by atoms with van der Waals surface area (Å²) in [5.74, 6) is 0. The lowest BCUT2D eigenvalue weighted by atomic mass is 10.3. The molecule has 0 spiro atoms. The zero-order valence-corrected chi connectivity index (χ0v) is 8.68. The van der Waals surface area contributed by atoms with E-state index in [0.717, 1.165) is 25.9 Å². The number of ether oxygens (including phenoxy) is 3. The lowest BCUT2D eigenvalue weighted by Crippen LogP contribution is -2.36. The first-order valence-electron chi connectivity index (χ1n) is 4.47. The van der Waals surface area contributed by atoms with Crippen molar-refractivity contribution in [1.29, 1.82) is 0 Å². The summed E-state index contributed by atoms with van der Waals surface area (Å²) in [6.07, 6.45) is 2.33. The molecule has 3 unspecified atom stereocenters. The number of rotatable bonds is 2. The summed E-state index contributed by atoms with van der Waals surface area (Å²) in [4.78, 5) is 0. The smallest absolute Gasteiger partial charge is 0.267 e. The topological polar surface area (TPSA) is 27.7 Å². The van der Waals surface area contributed by atoms with Crippen LogP contribution < -0.4 is 0 Å². The van der Waals surface area contributed by atoms with Gasteiger partial charge in [-0.3, -0.25) is 0 Å². The molecule has 2 aliphatic heterocycles. The highest BCUT2D eigenvalue weighted by molar-refractivity contribution is 6.31. The van der Waals surface area contributed by atoms with Gasteiger partial charge >= 0.3 is 0 Å². The van der Waals surface area contributed by atoms with Crippen LogP contribution in [0, 0.1) is 0 Å². The highest BCUT2D eigenvalue weighted by atomic mass is 35.5. The lowest BCUT2D eigenvalue weighted by molar-refractivity contribution is -0.237. The molecule has 0 aromatic carbocycles. The second-order valence-electron chi connectivity index (χ2n) is 3.25. The van der Waals surface area contributed by atoms with Crippen LogP contribution in [-0.4, -0.2) is 30.1 Å². The summed E-state index contributed by atoms with van der Waals surface area (Å²) in [5.41, 5.74) is 0. The Hall–Kier alpha value is 0.460. The predicted molar refractivity (Wildman–Crippen MR) is 48.9 cm³/mol. The molecule has 13 heavy (non-hydrogen) atoms.